The number of carbonyl (C=O) groups excluding carboxylic acids is 3. The van der Waals surface area contributed by atoms with E-state index < -0.39 is 5.97 Å². The summed E-state index contributed by atoms with van der Waals surface area (Å²) in [4.78, 5) is 38.1. The van der Waals surface area contributed by atoms with Gasteiger partial charge in [0.1, 0.15) is 4.32 Å². The van der Waals surface area contributed by atoms with Crippen molar-refractivity contribution in [1.82, 2.24) is 4.90 Å². The highest BCUT2D eigenvalue weighted by molar-refractivity contribution is 8.26. The number of hydrogen-bond acceptors (Lipinski definition) is 8. The number of amides is 2. The number of nitrogens with one attached hydrogen (secondary N) is 1. The maximum absolute atomic E-state index is 12.8. The largest absolute Gasteiger partial charge is 0.545 e. The minimum atomic E-state index is -1.37. The van der Waals surface area contributed by atoms with Crippen molar-refractivity contribution in [3.63, 3.8) is 0 Å². The number of carboxylic acid groups (broad SMARTS) is 1. The van der Waals surface area contributed by atoms with E-state index in [1.807, 2.05) is 6.07 Å². The molecule has 10 heteroatoms. The molecule has 0 bridgehead atoms. The van der Waals surface area contributed by atoms with Crippen molar-refractivity contribution in [3.05, 3.63) is 58.5 Å². The summed E-state index contributed by atoms with van der Waals surface area (Å²) in [6.45, 7) is 0.450. The van der Waals surface area contributed by atoms with Gasteiger partial charge >= 0.3 is 0 Å². The van der Waals surface area contributed by atoms with E-state index >= 15 is 0 Å². The van der Waals surface area contributed by atoms with Crippen LogP contribution in [0.15, 0.2) is 47.4 Å². The standard InChI is InChI=1S/C22H18N2O6S2/c25-19(23-15-5-2-1-4-14(15)21(27)28)6-3-9-24-20(26)18(32-22(24)31)11-13-7-8-16-17(10-13)30-12-29-16/h1-2,4-5,7-8,10-11H,3,6,9,12H2,(H,23,25)(H,27,28)/p-1. The summed E-state index contributed by atoms with van der Waals surface area (Å²) in [5.41, 5.74) is 0.877. The fraction of sp³-hybridized carbons (Fsp3) is 0.182. The van der Waals surface area contributed by atoms with Gasteiger partial charge in [-0.15, -0.1) is 0 Å². The first-order valence-electron chi connectivity index (χ1n) is 9.67. The highest BCUT2D eigenvalue weighted by Crippen LogP contribution is 2.36. The van der Waals surface area contributed by atoms with Crippen LogP contribution in [0.3, 0.4) is 0 Å². The molecule has 0 atom stereocenters. The summed E-state index contributed by atoms with van der Waals surface area (Å²) in [7, 11) is 0. The Hall–Kier alpha value is -3.37. The van der Waals surface area contributed by atoms with Crippen LogP contribution >= 0.6 is 24.0 Å². The van der Waals surface area contributed by atoms with Crippen LogP contribution in [0.1, 0.15) is 28.8 Å². The van der Waals surface area contributed by atoms with Gasteiger partial charge in [-0.25, -0.2) is 0 Å². The van der Waals surface area contributed by atoms with Gasteiger partial charge in [-0.2, -0.15) is 0 Å². The van der Waals surface area contributed by atoms with E-state index in [0.717, 1.165) is 5.56 Å². The van der Waals surface area contributed by atoms with Crippen LogP contribution in [-0.4, -0.2) is 40.3 Å². The molecule has 0 saturated carbocycles. The minimum absolute atomic E-state index is 0.0913. The molecule has 2 aliphatic rings. The number of rotatable bonds is 7. The summed E-state index contributed by atoms with van der Waals surface area (Å²) in [5, 5.41) is 13.7. The van der Waals surface area contributed by atoms with E-state index in [1.165, 1.54) is 28.8 Å². The molecule has 0 aliphatic carbocycles. The Balaban J connectivity index is 1.33. The van der Waals surface area contributed by atoms with Crippen LogP contribution < -0.4 is 19.9 Å². The third-order valence-corrected chi connectivity index (χ3v) is 6.15. The monoisotopic (exact) mass is 469 g/mol. The quantitative estimate of drug-likeness (QED) is 0.487. The van der Waals surface area contributed by atoms with Gasteiger partial charge in [0.2, 0.25) is 12.7 Å². The van der Waals surface area contributed by atoms with E-state index in [2.05, 4.69) is 5.32 Å². The summed E-state index contributed by atoms with van der Waals surface area (Å²) in [6.07, 6.45) is 2.20. The summed E-state index contributed by atoms with van der Waals surface area (Å²) >= 11 is 6.53. The van der Waals surface area contributed by atoms with Crippen molar-refractivity contribution in [1.29, 1.82) is 0 Å². The maximum atomic E-state index is 12.8. The molecule has 0 unspecified atom stereocenters. The topological polar surface area (TPSA) is 108 Å². The Morgan fingerprint density at radius 2 is 1.97 bits per heavy atom. The minimum Gasteiger partial charge on any atom is -0.545 e. The predicted octanol–water partition coefficient (Wildman–Crippen LogP) is 2.40. The third-order valence-electron chi connectivity index (χ3n) is 4.77. The number of ether oxygens (including phenoxy) is 2. The van der Waals surface area contributed by atoms with Crippen molar-refractivity contribution in [2.45, 2.75) is 12.8 Å². The lowest BCUT2D eigenvalue weighted by Gasteiger charge is -2.15. The molecule has 0 radical (unpaired) electrons. The summed E-state index contributed by atoms with van der Waals surface area (Å²) < 4.78 is 11.1. The molecule has 2 amide bonds. The highest BCUT2D eigenvalue weighted by Gasteiger charge is 2.31. The molecule has 2 aromatic rings. The number of hydrogen-bond donors (Lipinski definition) is 1. The molecular weight excluding hydrogens is 452 g/mol. The number of anilines is 1. The Morgan fingerprint density at radius 1 is 1.19 bits per heavy atom. The molecule has 2 aromatic carbocycles. The first-order chi connectivity index (χ1) is 15.4. The smallest absolute Gasteiger partial charge is 0.266 e. The predicted molar refractivity (Wildman–Crippen MR) is 121 cm³/mol. The Kier molecular flexibility index (Phi) is 6.42. The number of thiocarbonyl (C=S) groups is 1. The zero-order valence-corrected chi connectivity index (χ0v) is 18.3. The van der Waals surface area contributed by atoms with Gasteiger partial charge in [-0.3, -0.25) is 14.5 Å². The van der Waals surface area contributed by atoms with E-state index in [0.29, 0.717) is 27.1 Å². The molecular formula is C22H17N2O6S2-. The Morgan fingerprint density at radius 3 is 2.78 bits per heavy atom. The average molecular weight is 470 g/mol. The molecule has 1 N–H and O–H groups in total. The van der Waals surface area contributed by atoms with E-state index in [4.69, 9.17) is 21.7 Å². The van der Waals surface area contributed by atoms with Crippen molar-refractivity contribution < 1.29 is 29.0 Å². The second kappa shape index (κ2) is 9.41. The fourth-order valence-electron chi connectivity index (χ4n) is 3.23. The zero-order valence-electron chi connectivity index (χ0n) is 16.7. The number of benzene rings is 2. The summed E-state index contributed by atoms with van der Waals surface area (Å²) in [6, 6.07) is 11.4. The first-order valence-corrected chi connectivity index (χ1v) is 10.9. The molecule has 2 heterocycles. The third kappa shape index (κ3) is 4.76. The van der Waals surface area contributed by atoms with Crippen LogP contribution in [0.25, 0.3) is 6.08 Å². The molecule has 32 heavy (non-hydrogen) atoms. The van der Waals surface area contributed by atoms with Crippen LogP contribution in [0.5, 0.6) is 11.5 Å². The second-order valence-corrected chi connectivity index (χ2v) is 8.61. The highest BCUT2D eigenvalue weighted by atomic mass is 32.2. The molecule has 1 fully saturated rings. The van der Waals surface area contributed by atoms with E-state index in [1.54, 1.807) is 30.3 Å². The molecule has 8 nitrogen and oxygen atoms in total. The van der Waals surface area contributed by atoms with Gasteiger partial charge < -0.3 is 24.7 Å². The number of nitrogens with zero attached hydrogens (tertiary/aromatic N) is 1. The SMILES string of the molecule is O=C(CCCN1C(=O)C(=Cc2ccc3c(c2)OCO3)SC1=S)Nc1ccccc1C(=O)[O-]. The Labute approximate surface area is 193 Å². The van der Waals surface area contributed by atoms with Crippen LogP contribution in [0.2, 0.25) is 0 Å². The number of aromatic carboxylic acids is 1. The Bertz CT molecular complexity index is 1150. The lowest BCUT2D eigenvalue weighted by Crippen LogP contribution is -2.30. The zero-order chi connectivity index (χ0) is 22.7. The van der Waals surface area contributed by atoms with Crippen molar-refractivity contribution in [2.24, 2.45) is 0 Å². The number of thioether (sulfide) groups is 1. The number of fused-ring (bicyclic) bond motifs is 1. The van der Waals surface area contributed by atoms with Gasteiger partial charge in [0.25, 0.3) is 5.91 Å². The van der Waals surface area contributed by atoms with Gasteiger partial charge in [0.15, 0.2) is 11.5 Å². The first kappa shape index (κ1) is 21.8. The van der Waals surface area contributed by atoms with Gasteiger partial charge in [-0.1, -0.05) is 48.2 Å². The van der Waals surface area contributed by atoms with Crippen molar-refractivity contribution in [3.8, 4) is 11.5 Å². The van der Waals surface area contributed by atoms with Gasteiger partial charge in [0.05, 0.1) is 10.9 Å². The van der Waals surface area contributed by atoms with Crippen molar-refractivity contribution in [2.75, 3.05) is 18.7 Å². The van der Waals surface area contributed by atoms with E-state index in [-0.39, 0.29) is 42.8 Å². The molecule has 164 valence electrons. The lowest BCUT2D eigenvalue weighted by atomic mass is 10.1. The fourth-order valence-corrected chi connectivity index (χ4v) is 4.54. The van der Waals surface area contributed by atoms with E-state index in [9.17, 15) is 19.5 Å². The van der Waals surface area contributed by atoms with Crippen LogP contribution in [-0.2, 0) is 9.59 Å². The average Bonchev–Trinajstić information content (AvgIpc) is 3.33. The summed E-state index contributed by atoms with van der Waals surface area (Å²) in [5.74, 6) is -0.663. The van der Waals surface area contributed by atoms with Crippen LogP contribution in [0.4, 0.5) is 5.69 Å². The number of para-hydroxylation sites is 1. The molecule has 0 spiro atoms. The maximum Gasteiger partial charge on any atom is 0.266 e. The van der Waals surface area contributed by atoms with Gasteiger partial charge in [-0.05, 0) is 36.3 Å². The molecule has 1 saturated heterocycles. The van der Waals surface area contributed by atoms with Crippen LogP contribution in [0, 0.1) is 0 Å². The number of carboxylic acids is 1. The molecule has 4 rings (SSSR count). The second-order valence-electron chi connectivity index (χ2n) is 6.93. The lowest BCUT2D eigenvalue weighted by molar-refractivity contribution is -0.254. The normalized spacial score (nSPS) is 16.0. The molecule has 0 aromatic heterocycles. The van der Waals surface area contributed by atoms with Gasteiger partial charge in [0, 0.05) is 24.2 Å². The van der Waals surface area contributed by atoms with Crippen molar-refractivity contribution >= 4 is 57.8 Å². The molecule has 2 aliphatic heterocycles. The number of carbonyl (C=O) groups is 3.